The normalized spacial score (nSPS) is 15.9. The highest BCUT2D eigenvalue weighted by Crippen LogP contribution is 2.15. The van der Waals surface area contributed by atoms with E-state index in [4.69, 9.17) is 10.2 Å². The van der Waals surface area contributed by atoms with E-state index in [0.29, 0.717) is 12.8 Å². The Hall–Kier alpha value is -0.610. The number of carboxylic acids is 1. The van der Waals surface area contributed by atoms with Crippen LogP contribution in [0.2, 0.25) is 0 Å². The Morgan fingerprint density at radius 2 is 2.09 bits per heavy atom. The fourth-order valence-electron chi connectivity index (χ4n) is 0.874. The molecule has 0 spiro atoms. The van der Waals surface area contributed by atoms with Gasteiger partial charge in [0.1, 0.15) is 0 Å². The van der Waals surface area contributed by atoms with Crippen LogP contribution in [-0.4, -0.2) is 33.5 Å². The van der Waals surface area contributed by atoms with E-state index in [9.17, 15) is 9.90 Å². The molecule has 0 aliphatic heterocycles. The van der Waals surface area contributed by atoms with Gasteiger partial charge in [-0.05, 0) is 19.8 Å². The SMILES string of the molecule is CC(O)(CCCO)CC(=O)O. The predicted molar refractivity (Wildman–Crippen MR) is 39.2 cm³/mol. The third-order valence-corrected chi connectivity index (χ3v) is 1.41. The molecule has 0 aliphatic rings. The summed E-state index contributed by atoms with van der Waals surface area (Å²) in [6, 6.07) is 0. The largest absolute Gasteiger partial charge is 0.481 e. The highest BCUT2D eigenvalue weighted by atomic mass is 16.4. The zero-order valence-electron chi connectivity index (χ0n) is 6.58. The summed E-state index contributed by atoms with van der Waals surface area (Å²) < 4.78 is 0. The summed E-state index contributed by atoms with van der Waals surface area (Å²) in [5, 5.41) is 26.1. The number of hydrogen-bond acceptors (Lipinski definition) is 3. The number of hydrogen-bond donors (Lipinski definition) is 3. The lowest BCUT2D eigenvalue weighted by Crippen LogP contribution is -2.27. The first-order chi connectivity index (χ1) is 4.98. The maximum atomic E-state index is 10.2. The molecule has 0 saturated heterocycles. The van der Waals surface area contributed by atoms with Crippen molar-refractivity contribution in [3.8, 4) is 0 Å². The number of aliphatic carboxylic acids is 1. The molecular weight excluding hydrogens is 148 g/mol. The third kappa shape index (κ3) is 5.82. The van der Waals surface area contributed by atoms with Crippen LogP contribution < -0.4 is 0 Å². The summed E-state index contributed by atoms with van der Waals surface area (Å²) in [6.45, 7) is 1.44. The molecule has 0 aromatic rings. The molecule has 0 fully saturated rings. The van der Waals surface area contributed by atoms with Crippen LogP contribution in [0, 0.1) is 0 Å². The molecule has 0 saturated carbocycles. The van der Waals surface area contributed by atoms with Crippen LogP contribution in [0.25, 0.3) is 0 Å². The molecule has 0 bridgehead atoms. The number of aliphatic hydroxyl groups is 2. The number of carboxylic acid groups (broad SMARTS) is 1. The van der Waals surface area contributed by atoms with Gasteiger partial charge >= 0.3 is 5.97 Å². The molecule has 0 rings (SSSR count). The molecule has 66 valence electrons. The van der Waals surface area contributed by atoms with Gasteiger partial charge in [0.05, 0.1) is 12.0 Å². The van der Waals surface area contributed by atoms with Gasteiger partial charge in [-0.2, -0.15) is 0 Å². The fourth-order valence-corrected chi connectivity index (χ4v) is 0.874. The molecule has 0 radical (unpaired) electrons. The molecule has 0 aliphatic carbocycles. The lowest BCUT2D eigenvalue weighted by Gasteiger charge is -2.19. The molecule has 3 N–H and O–H groups in total. The van der Waals surface area contributed by atoms with Crippen LogP contribution in [0.4, 0.5) is 0 Å². The highest BCUT2D eigenvalue weighted by molar-refractivity contribution is 5.67. The number of aliphatic hydroxyl groups excluding tert-OH is 1. The van der Waals surface area contributed by atoms with Crippen molar-refractivity contribution in [3.05, 3.63) is 0 Å². The Labute approximate surface area is 65.5 Å². The van der Waals surface area contributed by atoms with Crippen molar-refractivity contribution in [3.63, 3.8) is 0 Å². The van der Waals surface area contributed by atoms with Crippen molar-refractivity contribution in [2.45, 2.75) is 31.8 Å². The number of rotatable bonds is 5. The van der Waals surface area contributed by atoms with Crippen molar-refractivity contribution < 1.29 is 20.1 Å². The van der Waals surface area contributed by atoms with Gasteiger partial charge in [0.15, 0.2) is 0 Å². The average molecular weight is 162 g/mol. The molecular formula is C7H14O4. The first-order valence-corrected chi connectivity index (χ1v) is 3.53. The van der Waals surface area contributed by atoms with Gasteiger partial charge in [0, 0.05) is 6.61 Å². The van der Waals surface area contributed by atoms with Crippen molar-refractivity contribution in [1.29, 1.82) is 0 Å². The molecule has 1 atom stereocenters. The minimum Gasteiger partial charge on any atom is -0.481 e. The summed E-state index contributed by atoms with van der Waals surface area (Å²) in [7, 11) is 0. The van der Waals surface area contributed by atoms with Gasteiger partial charge in [0.25, 0.3) is 0 Å². The second kappa shape index (κ2) is 4.31. The second-order valence-corrected chi connectivity index (χ2v) is 2.89. The molecule has 11 heavy (non-hydrogen) atoms. The van der Waals surface area contributed by atoms with Crippen molar-refractivity contribution in [2.24, 2.45) is 0 Å². The van der Waals surface area contributed by atoms with Gasteiger partial charge in [-0.1, -0.05) is 0 Å². The zero-order valence-corrected chi connectivity index (χ0v) is 6.58. The Bertz CT molecular complexity index is 130. The Kier molecular flexibility index (Phi) is 4.07. The van der Waals surface area contributed by atoms with E-state index in [0.717, 1.165) is 0 Å². The van der Waals surface area contributed by atoms with Crippen molar-refractivity contribution >= 4 is 5.97 Å². The number of carbonyl (C=O) groups is 1. The molecule has 0 aromatic carbocycles. The van der Waals surface area contributed by atoms with Crippen molar-refractivity contribution in [1.82, 2.24) is 0 Å². The van der Waals surface area contributed by atoms with Crippen LogP contribution in [0.3, 0.4) is 0 Å². The molecule has 0 amide bonds. The van der Waals surface area contributed by atoms with E-state index in [1.54, 1.807) is 0 Å². The molecule has 4 heteroatoms. The smallest absolute Gasteiger partial charge is 0.306 e. The molecule has 4 nitrogen and oxygen atoms in total. The molecule has 0 heterocycles. The fraction of sp³-hybridized carbons (Fsp3) is 0.857. The Morgan fingerprint density at radius 3 is 2.45 bits per heavy atom. The van der Waals surface area contributed by atoms with Crippen LogP contribution >= 0.6 is 0 Å². The summed E-state index contributed by atoms with van der Waals surface area (Å²) >= 11 is 0. The Balaban J connectivity index is 3.70. The predicted octanol–water partition coefficient (Wildman–Crippen LogP) is -0.0154. The van der Waals surface area contributed by atoms with Crippen LogP contribution in [0.5, 0.6) is 0 Å². The minimum atomic E-state index is -1.19. The van der Waals surface area contributed by atoms with Crippen LogP contribution in [-0.2, 0) is 4.79 Å². The molecule has 0 aromatic heterocycles. The van der Waals surface area contributed by atoms with Gasteiger partial charge in [0.2, 0.25) is 0 Å². The summed E-state index contributed by atoms with van der Waals surface area (Å²) in [5.41, 5.74) is -1.19. The average Bonchev–Trinajstić information content (AvgIpc) is 1.81. The van der Waals surface area contributed by atoms with Crippen LogP contribution in [0.1, 0.15) is 26.2 Å². The minimum absolute atomic E-state index is 0.0181. The maximum Gasteiger partial charge on any atom is 0.306 e. The lowest BCUT2D eigenvalue weighted by molar-refractivity contribution is -0.142. The maximum absolute atomic E-state index is 10.2. The quantitative estimate of drug-likeness (QED) is 0.531. The van der Waals surface area contributed by atoms with Crippen molar-refractivity contribution in [2.75, 3.05) is 6.61 Å². The monoisotopic (exact) mass is 162 g/mol. The zero-order chi connectivity index (χ0) is 8.91. The van der Waals surface area contributed by atoms with E-state index in [-0.39, 0.29) is 13.0 Å². The van der Waals surface area contributed by atoms with Gasteiger partial charge in [-0.15, -0.1) is 0 Å². The molecule has 1 unspecified atom stereocenters. The summed E-state index contributed by atoms with van der Waals surface area (Å²) in [4.78, 5) is 10.2. The van der Waals surface area contributed by atoms with E-state index in [1.807, 2.05) is 0 Å². The van der Waals surface area contributed by atoms with Gasteiger partial charge in [-0.25, -0.2) is 0 Å². The van der Waals surface area contributed by atoms with Gasteiger partial charge < -0.3 is 15.3 Å². The first kappa shape index (κ1) is 10.4. The Morgan fingerprint density at radius 1 is 1.55 bits per heavy atom. The summed E-state index contributed by atoms with van der Waals surface area (Å²) in [6.07, 6.45) is 0.475. The van der Waals surface area contributed by atoms with Crippen LogP contribution in [0.15, 0.2) is 0 Å². The lowest BCUT2D eigenvalue weighted by atomic mass is 9.97. The van der Waals surface area contributed by atoms with E-state index in [2.05, 4.69) is 0 Å². The van der Waals surface area contributed by atoms with E-state index in [1.165, 1.54) is 6.92 Å². The van der Waals surface area contributed by atoms with E-state index < -0.39 is 11.6 Å². The van der Waals surface area contributed by atoms with E-state index >= 15 is 0 Å². The standard InChI is InChI=1S/C7H14O4/c1-7(11,3-2-4-8)5-6(9)10/h8,11H,2-5H2,1H3,(H,9,10). The second-order valence-electron chi connectivity index (χ2n) is 2.89. The highest BCUT2D eigenvalue weighted by Gasteiger charge is 2.22. The topological polar surface area (TPSA) is 77.8 Å². The first-order valence-electron chi connectivity index (χ1n) is 3.53. The van der Waals surface area contributed by atoms with Gasteiger partial charge in [-0.3, -0.25) is 4.79 Å². The third-order valence-electron chi connectivity index (χ3n) is 1.41. The summed E-state index contributed by atoms with van der Waals surface area (Å²) in [5.74, 6) is -1.02.